The van der Waals surface area contributed by atoms with Crippen LogP contribution in [0.2, 0.25) is 0 Å². The smallest absolute Gasteiger partial charge is 0.283 e. The molecule has 9 heteroatoms. The van der Waals surface area contributed by atoms with Crippen LogP contribution < -0.4 is 5.56 Å². The van der Waals surface area contributed by atoms with Crippen LogP contribution in [-0.2, 0) is 10.0 Å². The fourth-order valence-corrected chi connectivity index (χ4v) is 3.97. The number of hydrogen-bond acceptors (Lipinski definition) is 5. The molecule has 4 rings (SSSR count). The Balaban J connectivity index is 1.96. The minimum atomic E-state index is -3.90. The molecule has 7 nitrogen and oxygen atoms in total. The molecule has 2 N–H and O–H groups in total. The third kappa shape index (κ3) is 2.38. The second-order valence-corrected chi connectivity index (χ2v) is 7.06. The van der Waals surface area contributed by atoms with Crippen molar-refractivity contribution in [2.45, 2.75) is 4.90 Å². The maximum atomic E-state index is 13.3. The summed E-state index contributed by atoms with van der Waals surface area (Å²) < 4.78 is 41.4. The van der Waals surface area contributed by atoms with Gasteiger partial charge in [0.15, 0.2) is 5.82 Å². The number of H-pyrrole nitrogens is 1. The van der Waals surface area contributed by atoms with E-state index in [1.54, 1.807) is 18.2 Å². The van der Waals surface area contributed by atoms with Gasteiger partial charge in [0.25, 0.3) is 15.6 Å². The summed E-state index contributed by atoms with van der Waals surface area (Å²) in [6.07, 6.45) is 0. The Kier molecular flexibility index (Phi) is 3.43. The maximum absolute atomic E-state index is 13.3. The van der Waals surface area contributed by atoms with Gasteiger partial charge in [0.2, 0.25) is 0 Å². The van der Waals surface area contributed by atoms with Crippen LogP contribution in [-0.4, -0.2) is 30.0 Å². The molecular weight excluding hydrogens is 359 g/mol. The van der Waals surface area contributed by atoms with E-state index in [-0.39, 0.29) is 32.9 Å². The maximum Gasteiger partial charge on any atom is 0.283 e. The lowest BCUT2D eigenvalue weighted by atomic mass is 10.0. The van der Waals surface area contributed by atoms with Gasteiger partial charge < -0.3 is 4.98 Å². The Morgan fingerprint density at radius 1 is 1.19 bits per heavy atom. The molecule has 1 aliphatic rings. The topological polar surface area (TPSA) is 116 Å². The molecule has 2 heterocycles. The van der Waals surface area contributed by atoms with Gasteiger partial charge in [-0.3, -0.25) is 10.2 Å². The Labute approximate surface area is 146 Å². The van der Waals surface area contributed by atoms with Crippen LogP contribution in [0.1, 0.15) is 11.4 Å². The summed E-state index contributed by atoms with van der Waals surface area (Å²) in [5, 5.41) is 7.60. The van der Waals surface area contributed by atoms with E-state index >= 15 is 0 Å². The standard InChI is InChI=1S/C17H9FN4O3S/c18-9-5-6-13-11(7-9)17(23)21-16(20-13)12(8-19)15-10-3-1-2-4-14(10)26(24,25)22-15/h1-7,19H,(H,20,21,23). The van der Waals surface area contributed by atoms with Crippen molar-refractivity contribution in [3.63, 3.8) is 0 Å². The fourth-order valence-electron chi connectivity index (χ4n) is 2.75. The zero-order valence-electron chi connectivity index (χ0n) is 12.9. The number of aromatic amines is 1. The summed E-state index contributed by atoms with van der Waals surface area (Å²) in [5.74, 6) is 1.45. The van der Waals surface area contributed by atoms with Gasteiger partial charge in [0.05, 0.1) is 15.8 Å². The highest BCUT2D eigenvalue weighted by Gasteiger charge is 2.31. The van der Waals surface area contributed by atoms with E-state index in [1.807, 2.05) is 0 Å². The molecule has 2 aromatic carbocycles. The predicted molar refractivity (Wildman–Crippen MR) is 93.6 cm³/mol. The summed E-state index contributed by atoms with van der Waals surface area (Å²) in [4.78, 5) is 18.9. The number of nitrogens with one attached hydrogen (secondary N) is 2. The molecule has 1 aromatic heterocycles. The quantitative estimate of drug-likeness (QED) is 0.672. The first-order chi connectivity index (χ1) is 12.4. The van der Waals surface area contributed by atoms with Crippen molar-refractivity contribution >= 4 is 38.1 Å². The summed E-state index contributed by atoms with van der Waals surface area (Å²) in [6, 6.07) is 9.67. The molecule has 0 bridgehead atoms. The van der Waals surface area contributed by atoms with Gasteiger partial charge in [-0.1, -0.05) is 18.2 Å². The average molecular weight is 368 g/mol. The molecule has 0 radical (unpaired) electrons. The third-order valence-electron chi connectivity index (χ3n) is 3.90. The van der Waals surface area contributed by atoms with E-state index in [1.165, 1.54) is 12.1 Å². The number of halogens is 1. The van der Waals surface area contributed by atoms with Crippen molar-refractivity contribution < 1.29 is 12.8 Å². The number of nitrogens with zero attached hydrogens (tertiary/aromatic N) is 2. The average Bonchev–Trinajstić information content (AvgIpc) is 2.88. The third-order valence-corrected chi connectivity index (χ3v) is 5.23. The first-order valence-corrected chi connectivity index (χ1v) is 8.79. The molecule has 0 saturated heterocycles. The molecule has 26 heavy (non-hydrogen) atoms. The number of benzene rings is 2. The summed E-state index contributed by atoms with van der Waals surface area (Å²) in [5.41, 5.74) is -0.231. The molecular formula is C17H9FN4O3S. The molecule has 0 atom stereocenters. The molecule has 128 valence electrons. The Hall–Kier alpha value is -3.42. The summed E-state index contributed by atoms with van der Waals surface area (Å²) in [7, 11) is -3.90. The van der Waals surface area contributed by atoms with Crippen LogP contribution in [0.25, 0.3) is 16.5 Å². The number of rotatable bonds is 2. The molecule has 0 unspecified atom stereocenters. The van der Waals surface area contributed by atoms with Crippen molar-refractivity contribution in [1.82, 2.24) is 9.97 Å². The van der Waals surface area contributed by atoms with Gasteiger partial charge in [-0.15, -0.1) is 0 Å². The normalized spacial score (nSPS) is 14.6. The van der Waals surface area contributed by atoms with Crippen molar-refractivity contribution in [1.29, 1.82) is 5.41 Å². The SMILES string of the molecule is N=C=C(C1=NS(=O)(=O)c2ccccc21)c1nc2ccc(F)cc2c(=O)[nH]1. The summed E-state index contributed by atoms with van der Waals surface area (Å²) >= 11 is 0. The second kappa shape index (κ2) is 5.55. The number of fused-ring (bicyclic) bond motifs is 2. The zero-order valence-corrected chi connectivity index (χ0v) is 13.8. The van der Waals surface area contributed by atoms with E-state index in [4.69, 9.17) is 5.41 Å². The number of aromatic nitrogens is 2. The van der Waals surface area contributed by atoms with Crippen LogP contribution >= 0.6 is 0 Å². The Morgan fingerprint density at radius 2 is 1.96 bits per heavy atom. The number of sulfonamides is 1. The van der Waals surface area contributed by atoms with Crippen LogP contribution in [0.4, 0.5) is 4.39 Å². The first kappa shape index (κ1) is 16.1. The minimum Gasteiger partial charge on any atom is -0.305 e. The van der Waals surface area contributed by atoms with Gasteiger partial charge in [0, 0.05) is 5.56 Å². The Morgan fingerprint density at radius 3 is 2.73 bits per heavy atom. The predicted octanol–water partition coefficient (Wildman–Crippen LogP) is 1.89. The van der Waals surface area contributed by atoms with Crippen LogP contribution in [0, 0.1) is 11.2 Å². The van der Waals surface area contributed by atoms with E-state index in [0.29, 0.717) is 5.56 Å². The lowest BCUT2D eigenvalue weighted by Gasteiger charge is -2.06. The second-order valence-electron chi connectivity index (χ2n) is 5.49. The molecule has 0 spiro atoms. The highest BCUT2D eigenvalue weighted by Crippen LogP contribution is 2.30. The van der Waals surface area contributed by atoms with E-state index in [0.717, 1.165) is 12.1 Å². The van der Waals surface area contributed by atoms with Gasteiger partial charge >= 0.3 is 0 Å². The van der Waals surface area contributed by atoms with Crippen molar-refractivity contribution in [2.24, 2.45) is 4.40 Å². The van der Waals surface area contributed by atoms with Crippen LogP contribution in [0.5, 0.6) is 0 Å². The van der Waals surface area contributed by atoms with Gasteiger partial charge in [-0.05, 0) is 30.1 Å². The van der Waals surface area contributed by atoms with Crippen molar-refractivity contribution in [3.05, 3.63) is 70.0 Å². The van der Waals surface area contributed by atoms with Crippen LogP contribution in [0.15, 0.2) is 56.6 Å². The fraction of sp³-hybridized carbons (Fsp3) is 0. The molecule has 0 amide bonds. The summed E-state index contributed by atoms with van der Waals surface area (Å²) in [6.45, 7) is 0. The van der Waals surface area contributed by atoms with E-state index in [9.17, 15) is 17.6 Å². The highest BCUT2D eigenvalue weighted by atomic mass is 32.2. The number of allylic oxidation sites excluding steroid dienone is 1. The van der Waals surface area contributed by atoms with Gasteiger partial charge in [-0.2, -0.15) is 12.8 Å². The number of hydrogen-bond donors (Lipinski definition) is 2. The molecule has 1 aliphatic heterocycles. The highest BCUT2D eigenvalue weighted by molar-refractivity contribution is 7.90. The van der Waals surface area contributed by atoms with Crippen molar-refractivity contribution in [2.75, 3.05) is 0 Å². The largest absolute Gasteiger partial charge is 0.305 e. The minimum absolute atomic E-state index is 0.00737. The van der Waals surface area contributed by atoms with E-state index in [2.05, 4.69) is 20.2 Å². The van der Waals surface area contributed by atoms with Gasteiger partial charge in [-0.25, -0.2) is 9.37 Å². The zero-order chi connectivity index (χ0) is 18.5. The van der Waals surface area contributed by atoms with Gasteiger partial charge in [0.1, 0.15) is 17.1 Å². The Bertz CT molecular complexity index is 1340. The van der Waals surface area contributed by atoms with Crippen molar-refractivity contribution in [3.8, 4) is 0 Å². The lowest BCUT2D eigenvalue weighted by molar-refractivity contribution is 0.599. The molecule has 0 fully saturated rings. The van der Waals surface area contributed by atoms with Crippen LogP contribution in [0.3, 0.4) is 0 Å². The van der Waals surface area contributed by atoms with E-state index < -0.39 is 21.4 Å². The molecule has 3 aromatic rings. The lowest BCUT2D eigenvalue weighted by Crippen LogP contribution is -2.15. The molecule has 0 saturated carbocycles. The first-order valence-electron chi connectivity index (χ1n) is 7.35. The molecule has 0 aliphatic carbocycles. The monoisotopic (exact) mass is 368 g/mol.